The van der Waals surface area contributed by atoms with Crippen LogP contribution in [0.15, 0.2) is 83.8 Å². The number of para-hydroxylation sites is 1. The summed E-state index contributed by atoms with van der Waals surface area (Å²) in [7, 11) is -4.88. The van der Waals surface area contributed by atoms with Gasteiger partial charge in [-0.15, -0.1) is 3.89 Å². The molecule has 31 heavy (non-hydrogen) atoms. The van der Waals surface area contributed by atoms with Gasteiger partial charge in [-0.05, 0) is 34.9 Å². The summed E-state index contributed by atoms with van der Waals surface area (Å²) in [5.41, 5.74) is 2.50. The predicted molar refractivity (Wildman–Crippen MR) is 111 cm³/mol. The zero-order valence-corrected chi connectivity index (χ0v) is 16.8. The summed E-state index contributed by atoms with van der Waals surface area (Å²) in [6, 6.07) is 20.4. The summed E-state index contributed by atoms with van der Waals surface area (Å²) in [5.74, 6) is -0.989. The van der Waals surface area contributed by atoms with Crippen molar-refractivity contribution < 1.29 is 25.5 Å². The van der Waals surface area contributed by atoms with Crippen LogP contribution in [-0.2, 0) is 10.2 Å². The van der Waals surface area contributed by atoms with Gasteiger partial charge in [0, 0.05) is 16.8 Å². The molecule has 3 aromatic carbocycles. The van der Waals surface area contributed by atoms with Gasteiger partial charge in [-0.3, -0.25) is 0 Å². The Morgan fingerprint density at radius 1 is 0.839 bits per heavy atom. The smallest absolute Gasteiger partial charge is 0.354 e. The van der Waals surface area contributed by atoms with E-state index in [-0.39, 0.29) is 0 Å². The van der Waals surface area contributed by atoms with Gasteiger partial charge in [0.2, 0.25) is 0 Å². The largest absolute Gasteiger partial charge is 0.390 e. The maximum Gasteiger partial charge on any atom is 0.390 e. The maximum absolute atomic E-state index is 13.6. The molecule has 1 atom stereocenters. The van der Waals surface area contributed by atoms with Crippen LogP contribution in [0.4, 0.5) is 17.1 Å². The number of rotatable bonds is 5. The summed E-state index contributed by atoms with van der Waals surface area (Å²) >= 11 is 0. The number of aromatic amines is 1. The predicted octanol–water partition coefficient (Wildman–Crippen LogP) is 6.58. The Balaban J connectivity index is 1.95. The molecule has 1 N–H and O–H groups in total. The first-order chi connectivity index (χ1) is 14.6. The van der Waals surface area contributed by atoms with Gasteiger partial charge in [0.25, 0.3) is 0 Å². The molecule has 4 aromatic rings. The third kappa shape index (κ3) is 4.49. The van der Waals surface area contributed by atoms with Gasteiger partial charge in [-0.25, -0.2) is 0 Å². The number of aromatic nitrogens is 1. The summed E-state index contributed by atoms with van der Waals surface area (Å²) in [6.45, 7) is 0. The molecular formula is C23H17F4NO2S. The normalized spacial score (nSPS) is 13.4. The van der Waals surface area contributed by atoms with E-state index in [1.807, 2.05) is 0 Å². The molecule has 0 amide bonds. The maximum atomic E-state index is 13.6. The highest BCUT2D eigenvalue weighted by molar-refractivity contribution is 7.86. The highest BCUT2D eigenvalue weighted by atomic mass is 32.3. The van der Waals surface area contributed by atoms with E-state index in [0.29, 0.717) is 33.3 Å². The molecule has 0 saturated heterocycles. The summed E-state index contributed by atoms with van der Waals surface area (Å²) < 4.78 is 76.3. The lowest BCUT2D eigenvalue weighted by molar-refractivity contribution is -0.136. The lowest BCUT2D eigenvalue weighted by Crippen LogP contribution is -2.15. The van der Waals surface area contributed by atoms with E-state index in [1.165, 1.54) is 12.1 Å². The van der Waals surface area contributed by atoms with Gasteiger partial charge in [0.1, 0.15) is 0 Å². The molecule has 0 aliphatic heterocycles. The molecule has 0 aliphatic rings. The first kappa shape index (κ1) is 21.1. The molecule has 1 aromatic heterocycles. The topological polar surface area (TPSA) is 49.9 Å². The number of benzene rings is 3. The van der Waals surface area contributed by atoms with Gasteiger partial charge < -0.3 is 4.98 Å². The number of hydrogen-bond donors (Lipinski definition) is 1. The van der Waals surface area contributed by atoms with Crippen molar-refractivity contribution in [3.63, 3.8) is 0 Å². The molecule has 0 fully saturated rings. The van der Waals surface area contributed by atoms with Gasteiger partial charge in [0.05, 0.1) is 17.0 Å². The molecule has 1 unspecified atom stereocenters. The van der Waals surface area contributed by atoms with Crippen LogP contribution in [-0.4, -0.2) is 19.6 Å². The van der Waals surface area contributed by atoms with Gasteiger partial charge in [0.15, 0.2) is 0 Å². The lowest BCUT2D eigenvalue weighted by atomic mass is 9.85. The second-order valence-electron chi connectivity index (χ2n) is 7.20. The van der Waals surface area contributed by atoms with Crippen molar-refractivity contribution in [1.82, 2.24) is 4.98 Å². The third-order valence-corrected chi connectivity index (χ3v) is 5.99. The van der Waals surface area contributed by atoms with Crippen molar-refractivity contribution in [3.05, 3.63) is 90.0 Å². The molecule has 0 radical (unpaired) electrons. The van der Waals surface area contributed by atoms with Crippen molar-refractivity contribution in [3.8, 4) is 11.3 Å². The number of hydrogen-bond acceptors (Lipinski definition) is 2. The minimum atomic E-state index is -4.88. The van der Waals surface area contributed by atoms with Crippen LogP contribution >= 0.6 is 0 Å². The van der Waals surface area contributed by atoms with Crippen LogP contribution < -0.4 is 0 Å². The molecule has 0 saturated carbocycles. The van der Waals surface area contributed by atoms with E-state index in [0.717, 1.165) is 12.1 Å². The van der Waals surface area contributed by atoms with Crippen LogP contribution in [0.3, 0.4) is 0 Å². The van der Waals surface area contributed by atoms with Crippen molar-refractivity contribution in [2.45, 2.75) is 23.4 Å². The molecule has 1 heterocycles. The first-order valence-corrected chi connectivity index (χ1v) is 10.8. The van der Waals surface area contributed by atoms with Gasteiger partial charge in [-0.1, -0.05) is 60.7 Å². The molecule has 3 nitrogen and oxygen atoms in total. The molecule has 4 rings (SSSR count). The van der Waals surface area contributed by atoms with E-state index < -0.39 is 33.6 Å². The number of alkyl halides is 3. The minimum absolute atomic E-state index is 0.433. The zero-order chi connectivity index (χ0) is 22.2. The summed E-state index contributed by atoms with van der Waals surface area (Å²) in [5, 5.41) is 0.637. The Bertz CT molecular complexity index is 1310. The second kappa shape index (κ2) is 7.85. The van der Waals surface area contributed by atoms with Crippen LogP contribution in [0.5, 0.6) is 0 Å². The van der Waals surface area contributed by atoms with Crippen LogP contribution in [0.1, 0.15) is 23.5 Å². The summed E-state index contributed by atoms with van der Waals surface area (Å²) in [4.78, 5) is 2.65. The SMILES string of the molecule is O=S(=O)(F)c1ccc(-c2[nH]c3ccccc3c2C(CC(F)(F)F)c2ccccc2)cc1. The number of halogens is 4. The molecule has 0 aliphatic carbocycles. The van der Waals surface area contributed by atoms with Crippen molar-refractivity contribution in [1.29, 1.82) is 0 Å². The van der Waals surface area contributed by atoms with Crippen molar-refractivity contribution in [2.75, 3.05) is 0 Å². The van der Waals surface area contributed by atoms with Crippen LogP contribution in [0.2, 0.25) is 0 Å². The fourth-order valence-electron chi connectivity index (χ4n) is 3.84. The Hall–Kier alpha value is -3.13. The van der Waals surface area contributed by atoms with Crippen LogP contribution in [0.25, 0.3) is 22.2 Å². The highest BCUT2D eigenvalue weighted by Crippen LogP contribution is 2.43. The Kier molecular flexibility index (Phi) is 5.35. The fourth-order valence-corrected chi connectivity index (χ4v) is 4.30. The Morgan fingerprint density at radius 2 is 1.45 bits per heavy atom. The average Bonchev–Trinajstić information content (AvgIpc) is 3.11. The molecule has 8 heteroatoms. The van der Waals surface area contributed by atoms with Crippen molar-refractivity contribution >= 4 is 21.1 Å². The summed E-state index contributed by atoms with van der Waals surface area (Å²) in [6.07, 6.45) is -5.48. The molecule has 160 valence electrons. The third-order valence-electron chi connectivity index (χ3n) is 5.16. The fraction of sp³-hybridized carbons (Fsp3) is 0.130. The Morgan fingerprint density at radius 3 is 2.06 bits per heavy atom. The average molecular weight is 447 g/mol. The van der Waals surface area contributed by atoms with E-state index in [9.17, 15) is 25.5 Å². The molecule has 0 spiro atoms. The van der Waals surface area contributed by atoms with Gasteiger partial charge in [-0.2, -0.15) is 21.6 Å². The second-order valence-corrected chi connectivity index (χ2v) is 8.55. The number of H-pyrrole nitrogens is 1. The van der Waals surface area contributed by atoms with Crippen molar-refractivity contribution in [2.24, 2.45) is 0 Å². The quantitative estimate of drug-likeness (QED) is 0.278. The van der Waals surface area contributed by atoms with Crippen LogP contribution in [0, 0.1) is 0 Å². The van der Waals surface area contributed by atoms with E-state index >= 15 is 0 Å². The number of fused-ring (bicyclic) bond motifs is 1. The highest BCUT2D eigenvalue weighted by Gasteiger charge is 2.36. The van der Waals surface area contributed by atoms with E-state index in [4.69, 9.17) is 0 Å². The molecular weight excluding hydrogens is 430 g/mol. The monoisotopic (exact) mass is 447 g/mol. The minimum Gasteiger partial charge on any atom is -0.354 e. The standard InChI is InChI=1S/C23H17F4NO2S/c24-23(25,26)14-19(15-6-2-1-3-7-15)21-18-8-4-5-9-20(18)28-22(21)16-10-12-17(13-11-16)31(27,29)30/h1-13,19,28H,14H2. The van der Waals surface area contributed by atoms with E-state index in [1.54, 1.807) is 54.6 Å². The lowest BCUT2D eigenvalue weighted by Gasteiger charge is -2.21. The Labute approximate surface area is 176 Å². The van der Waals surface area contributed by atoms with Gasteiger partial charge >= 0.3 is 16.4 Å². The zero-order valence-electron chi connectivity index (χ0n) is 16.0. The van der Waals surface area contributed by atoms with E-state index in [2.05, 4.69) is 4.98 Å². The first-order valence-electron chi connectivity index (χ1n) is 9.41. The number of nitrogens with one attached hydrogen (secondary N) is 1. The molecule has 0 bridgehead atoms.